The lowest BCUT2D eigenvalue weighted by atomic mass is 9.87. The summed E-state index contributed by atoms with van der Waals surface area (Å²) in [4.78, 5) is 6.48. The minimum absolute atomic E-state index is 0. The van der Waals surface area contributed by atoms with Crippen LogP contribution in [0.3, 0.4) is 0 Å². The summed E-state index contributed by atoms with van der Waals surface area (Å²) >= 11 is 0. The average molecular weight is 446 g/mol. The number of hydrogen-bond acceptors (Lipinski definition) is 3. The van der Waals surface area contributed by atoms with Crippen molar-refractivity contribution in [1.82, 2.24) is 14.9 Å². The van der Waals surface area contributed by atoms with Crippen LogP contribution in [0.2, 0.25) is 0 Å². The molecule has 2 N–H and O–H groups in total. The van der Waals surface area contributed by atoms with Gasteiger partial charge in [-0.25, -0.2) is 13.1 Å². The van der Waals surface area contributed by atoms with Crippen LogP contribution in [0, 0.1) is 5.41 Å². The van der Waals surface area contributed by atoms with Gasteiger partial charge in [0.25, 0.3) is 0 Å². The number of likely N-dealkylation sites (tertiary alicyclic amines) is 1. The number of aliphatic imine (C=N–C) groups is 1. The Kier molecular flexibility index (Phi) is 9.23. The smallest absolute Gasteiger partial charge is 0.213 e. The van der Waals surface area contributed by atoms with Gasteiger partial charge in [0.1, 0.15) is 0 Å². The molecule has 1 atom stereocenters. The Labute approximate surface area is 152 Å². The van der Waals surface area contributed by atoms with Gasteiger partial charge in [0, 0.05) is 32.7 Å². The van der Waals surface area contributed by atoms with Gasteiger partial charge in [-0.3, -0.25) is 4.99 Å². The highest BCUT2D eigenvalue weighted by atomic mass is 127. The van der Waals surface area contributed by atoms with Crippen molar-refractivity contribution in [2.45, 2.75) is 46.6 Å². The van der Waals surface area contributed by atoms with Crippen molar-refractivity contribution >= 4 is 40.0 Å². The van der Waals surface area contributed by atoms with Crippen molar-refractivity contribution < 1.29 is 8.42 Å². The van der Waals surface area contributed by atoms with Crippen molar-refractivity contribution in [3.8, 4) is 0 Å². The second-order valence-corrected chi connectivity index (χ2v) is 8.27. The van der Waals surface area contributed by atoms with Crippen LogP contribution in [0.5, 0.6) is 0 Å². The van der Waals surface area contributed by atoms with E-state index in [-0.39, 0.29) is 35.8 Å². The minimum Gasteiger partial charge on any atom is -0.355 e. The molecule has 0 radical (unpaired) electrons. The molecule has 1 aliphatic rings. The molecule has 1 heterocycles. The molecule has 0 spiro atoms. The molecule has 0 bridgehead atoms. The molecule has 1 fully saturated rings. The van der Waals surface area contributed by atoms with E-state index >= 15 is 0 Å². The second kappa shape index (κ2) is 9.27. The molecule has 0 aromatic rings. The summed E-state index contributed by atoms with van der Waals surface area (Å²) in [6.45, 7) is 10.5. The summed E-state index contributed by atoms with van der Waals surface area (Å²) in [5, 5.41) is 3.16. The van der Waals surface area contributed by atoms with Crippen LogP contribution in [-0.2, 0) is 10.0 Å². The van der Waals surface area contributed by atoms with E-state index in [9.17, 15) is 8.42 Å². The third-order valence-electron chi connectivity index (χ3n) is 3.99. The van der Waals surface area contributed by atoms with Crippen LogP contribution < -0.4 is 10.0 Å². The van der Waals surface area contributed by atoms with Gasteiger partial charge in [-0.1, -0.05) is 13.8 Å². The maximum absolute atomic E-state index is 11.8. The molecule has 0 aromatic carbocycles. The number of guanidine groups is 1. The molecular formula is C14H31IN4O2S. The first-order chi connectivity index (χ1) is 9.71. The molecule has 1 unspecified atom stereocenters. The number of sulfonamides is 1. The molecule has 1 aliphatic heterocycles. The van der Waals surface area contributed by atoms with Crippen LogP contribution in [0.25, 0.3) is 0 Å². The lowest BCUT2D eigenvalue weighted by Gasteiger charge is -2.25. The van der Waals surface area contributed by atoms with Crippen LogP contribution in [0.4, 0.5) is 0 Å². The maximum atomic E-state index is 11.8. The summed E-state index contributed by atoms with van der Waals surface area (Å²) in [6.07, 6.45) is 2.30. The van der Waals surface area contributed by atoms with E-state index in [0.29, 0.717) is 12.0 Å². The molecule has 132 valence electrons. The van der Waals surface area contributed by atoms with Crippen molar-refractivity contribution in [1.29, 1.82) is 0 Å². The second-order valence-electron chi connectivity index (χ2n) is 6.40. The lowest BCUT2D eigenvalue weighted by Crippen LogP contribution is -2.44. The SMILES string of the molecule is CCC1(C)CCN(C(=NC)NCCS(=O)(=O)NC(C)C)C1.I. The summed E-state index contributed by atoms with van der Waals surface area (Å²) in [5.41, 5.74) is 0.336. The van der Waals surface area contributed by atoms with E-state index in [1.54, 1.807) is 7.05 Å². The van der Waals surface area contributed by atoms with E-state index in [4.69, 9.17) is 0 Å². The van der Waals surface area contributed by atoms with Gasteiger partial charge >= 0.3 is 0 Å². The molecular weight excluding hydrogens is 415 g/mol. The lowest BCUT2D eigenvalue weighted by molar-refractivity contribution is 0.322. The van der Waals surface area contributed by atoms with Crippen LogP contribution in [0.15, 0.2) is 4.99 Å². The zero-order valence-corrected chi connectivity index (χ0v) is 17.5. The van der Waals surface area contributed by atoms with E-state index in [1.807, 2.05) is 13.8 Å². The molecule has 8 heteroatoms. The zero-order chi connectivity index (χ0) is 16.1. The summed E-state index contributed by atoms with van der Waals surface area (Å²) in [5.74, 6) is 0.857. The minimum atomic E-state index is -3.22. The summed E-state index contributed by atoms with van der Waals surface area (Å²) < 4.78 is 26.1. The molecule has 1 rings (SSSR count). The normalized spacial score (nSPS) is 22.8. The predicted octanol–water partition coefficient (Wildman–Crippen LogP) is 1.63. The highest BCUT2D eigenvalue weighted by Gasteiger charge is 2.33. The van der Waals surface area contributed by atoms with E-state index < -0.39 is 10.0 Å². The Hall–Kier alpha value is -0.0900. The van der Waals surface area contributed by atoms with Crippen LogP contribution >= 0.6 is 24.0 Å². The Morgan fingerprint density at radius 3 is 2.50 bits per heavy atom. The number of halogens is 1. The van der Waals surface area contributed by atoms with Gasteiger partial charge in [-0.2, -0.15) is 0 Å². The number of hydrogen-bond donors (Lipinski definition) is 2. The largest absolute Gasteiger partial charge is 0.355 e. The number of nitrogens with zero attached hydrogens (tertiary/aromatic N) is 2. The number of rotatable bonds is 6. The monoisotopic (exact) mass is 446 g/mol. The van der Waals surface area contributed by atoms with Crippen LogP contribution in [0.1, 0.15) is 40.5 Å². The topological polar surface area (TPSA) is 73.8 Å². The van der Waals surface area contributed by atoms with Crippen molar-refractivity contribution in [2.75, 3.05) is 32.4 Å². The van der Waals surface area contributed by atoms with Gasteiger partial charge in [-0.15, -0.1) is 24.0 Å². The Bertz CT molecular complexity index is 467. The highest BCUT2D eigenvalue weighted by molar-refractivity contribution is 14.0. The first-order valence-electron chi connectivity index (χ1n) is 7.67. The van der Waals surface area contributed by atoms with E-state index in [0.717, 1.165) is 31.9 Å². The van der Waals surface area contributed by atoms with Crippen molar-refractivity contribution in [3.63, 3.8) is 0 Å². The van der Waals surface area contributed by atoms with Crippen molar-refractivity contribution in [3.05, 3.63) is 0 Å². The highest BCUT2D eigenvalue weighted by Crippen LogP contribution is 2.32. The van der Waals surface area contributed by atoms with Gasteiger partial charge in [-0.05, 0) is 32.1 Å². The summed E-state index contributed by atoms with van der Waals surface area (Å²) in [6, 6.07) is -0.0712. The van der Waals surface area contributed by atoms with Gasteiger partial charge < -0.3 is 10.2 Å². The zero-order valence-electron chi connectivity index (χ0n) is 14.3. The molecule has 0 aliphatic carbocycles. The van der Waals surface area contributed by atoms with E-state index in [2.05, 4.69) is 33.8 Å². The average Bonchev–Trinajstić information content (AvgIpc) is 2.76. The standard InChI is InChI=1S/C14H30N4O2S.HI/c1-6-14(4)7-9-18(11-14)13(15-5)16-8-10-21(19,20)17-12(2)3;/h12,17H,6-11H2,1-5H3,(H,15,16);1H. The third kappa shape index (κ3) is 6.99. The fraction of sp³-hybridized carbons (Fsp3) is 0.929. The van der Waals surface area contributed by atoms with Crippen LogP contribution in [-0.4, -0.2) is 57.8 Å². The number of nitrogens with one attached hydrogen (secondary N) is 2. The summed E-state index contributed by atoms with van der Waals surface area (Å²) in [7, 11) is -1.48. The Morgan fingerprint density at radius 2 is 2.05 bits per heavy atom. The molecule has 22 heavy (non-hydrogen) atoms. The third-order valence-corrected chi connectivity index (χ3v) is 5.56. The fourth-order valence-corrected chi connectivity index (χ4v) is 3.75. The Morgan fingerprint density at radius 1 is 1.41 bits per heavy atom. The fourth-order valence-electron chi connectivity index (χ4n) is 2.54. The quantitative estimate of drug-likeness (QED) is 0.370. The molecule has 0 amide bonds. The maximum Gasteiger partial charge on any atom is 0.213 e. The van der Waals surface area contributed by atoms with Gasteiger partial charge in [0.2, 0.25) is 10.0 Å². The Balaban J connectivity index is 0.00000441. The molecule has 0 aromatic heterocycles. The van der Waals surface area contributed by atoms with Gasteiger partial charge in [0.05, 0.1) is 5.75 Å². The molecule has 6 nitrogen and oxygen atoms in total. The van der Waals surface area contributed by atoms with E-state index in [1.165, 1.54) is 0 Å². The molecule has 0 saturated carbocycles. The van der Waals surface area contributed by atoms with Gasteiger partial charge in [0.15, 0.2) is 5.96 Å². The van der Waals surface area contributed by atoms with Crippen molar-refractivity contribution in [2.24, 2.45) is 10.4 Å². The first-order valence-corrected chi connectivity index (χ1v) is 9.32. The first kappa shape index (κ1) is 21.9. The predicted molar refractivity (Wildman–Crippen MR) is 103 cm³/mol. The molecule has 1 saturated heterocycles.